The molecule has 38 heavy (non-hydrogen) atoms. The molecule has 0 saturated heterocycles. The molecule has 2 aromatic rings. The van der Waals surface area contributed by atoms with Gasteiger partial charge in [-0.2, -0.15) is 0 Å². The Morgan fingerprint density at radius 3 is 1.76 bits per heavy atom. The van der Waals surface area contributed by atoms with Crippen LogP contribution in [0.4, 0.5) is 0 Å². The summed E-state index contributed by atoms with van der Waals surface area (Å²) in [6, 6.07) is 15.1. The van der Waals surface area contributed by atoms with E-state index in [1.807, 2.05) is 30.3 Å². The van der Waals surface area contributed by atoms with Crippen molar-refractivity contribution < 1.29 is 42.9 Å². The second-order valence-corrected chi connectivity index (χ2v) is 8.08. The second kappa shape index (κ2) is 12.6. The van der Waals surface area contributed by atoms with Crippen molar-refractivity contribution in [3.05, 3.63) is 88.1 Å². The number of carbonyl (C=O) groups is 4. The molecule has 0 radical (unpaired) electrons. The van der Waals surface area contributed by atoms with Crippen LogP contribution < -0.4 is 4.74 Å². The summed E-state index contributed by atoms with van der Waals surface area (Å²) in [5.41, 5.74) is 0.126. The fourth-order valence-corrected chi connectivity index (χ4v) is 4.34. The molecule has 200 valence electrons. The first kappa shape index (κ1) is 28.0. The highest BCUT2D eigenvalue weighted by Crippen LogP contribution is 2.43. The van der Waals surface area contributed by atoms with E-state index in [0.29, 0.717) is 17.7 Å². The predicted molar refractivity (Wildman–Crippen MR) is 135 cm³/mol. The van der Waals surface area contributed by atoms with E-state index < -0.39 is 41.1 Å². The van der Waals surface area contributed by atoms with Crippen molar-refractivity contribution in [3.8, 4) is 5.75 Å². The van der Waals surface area contributed by atoms with Crippen LogP contribution in [0.2, 0.25) is 0 Å². The van der Waals surface area contributed by atoms with Crippen molar-refractivity contribution in [2.75, 3.05) is 42.1 Å². The maximum atomic E-state index is 13.3. The van der Waals surface area contributed by atoms with Gasteiger partial charge < -0.3 is 28.6 Å². The summed E-state index contributed by atoms with van der Waals surface area (Å²) >= 11 is 0. The van der Waals surface area contributed by atoms with Crippen LogP contribution in [0.15, 0.2) is 77.0 Å². The lowest BCUT2D eigenvalue weighted by molar-refractivity contribution is -0.144. The van der Waals surface area contributed by atoms with E-state index in [0.717, 1.165) is 34.0 Å². The van der Waals surface area contributed by atoms with Gasteiger partial charge in [0.15, 0.2) is 0 Å². The molecule has 0 aromatic heterocycles. The van der Waals surface area contributed by atoms with E-state index in [-0.39, 0.29) is 17.8 Å². The monoisotopic (exact) mass is 523 g/mol. The number of nitrogens with zero attached hydrogens (tertiary/aromatic N) is 1. The third-order valence-electron chi connectivity index (χ3n) is 6.11. The van der Waals surface area contributed by atoms with Crippen LogP contribution in [0.25, 0.3) is 0 Å². The number of benzene rings is 2. The minimum atomic E-state index is -1.03. The van der Waals surface area contributed by atoms with Crippen molar-refractivity contribution in [1.29, 1.82) is 0 Å². The van der Waals surface area contributed by atoms with Gasteiger partial charge in [0.25, 0.3) is 0 Å². The second-order valence-electron chi connectivity index (χ2n) is 8.08. The summed E-state index contributed by atoms with van der Waals surface area (Å²) in [5, 5.41) is 0. The summed E-state index contributed by atoms with van der Waals surface area (Å²) in [6.45, 7) is 0.153. The van der Waals surface area contributed by atoms with E-state index in [1.54, 1.807) is 29.2 Å². The lowest BCUT2D eigenvalue weighted by Crippen LogP contribution is -2.43. The molecule has 10 heteroatoms. The Labute approximate surface area is 220 Å². The van der Waals surface area contributed by atoms with Gasteiger partial charge in [-0.1, -0.05) is 42.5 Å². The molecule has 1 heterocycles. The molecule has 0 bridgehead atoms. The molecule has 10 nitrogen and oxygen atoms in total. The van der Waals surface area contributed by atoms with Gasteiger partial charge in [-0.25, -0.2) is 19.2 Å². The number of rotatable bonds is 9. The van der Waals surface area contributed by atoms with E-state index >= 15 is 0 Å². The van der Waals surface area contributed by atoms with Crippen LogP contribution in [-0.2, 0) is 44.5 Å². The molecule has 1 atom stereocenters. The molecule has 0 N–H and O–H groups in total. The first-order valence-electron chi connectivity index (χ1n) is 11.6. The molecule has 0 fully saturated rings. The molecule has 1 unspecified atom stereocenters. The number of carbonyl (C=O) groups excluding carboxylic acids is 4. The van der Waals surface area contributed by atoms with E-state index in [9.17, 15) is 19.2 Å². The standard InChI is InChI=1S/C28H29NO9/c1-34-19-13-11-18(12-14-19)23-21(26(31)36-3)20(25(30)35-2)22(27(32)37-4)24(28(33)38-5)29(23)16-15-17-9-7-6-8-10-17/h6-14,23H,15-16H2,1-5H3. The Balaban J connectivity index is 2.40. The van der Waals surface area contributed by atoms with Gasteiger partial charge >= 0.3 is 23.9 Å². The molecule has 0 aliphatic carbocycles. The lowest BCUT2D eigenvalue weighted by Gasteiger charge is -2.40. The third-order valence-corrected chi connectivity index (χ3v) is 6.11. The number of ether oxygens (including phenoxy) is 5. The van der Waals surface area contributed by atoms with Crippen LogP contribution >= 0.6 is 0 Å². The van der Waals surface area contributed by atoms with Crippen molar-refractivity contribution >= 4 is 23.9 Å². The lowest BCUT2D eigenvalue weighted by atomic mass is 9.84. The molecule has 1 aliphatic heterocycles. The average molecular weight is 524 g/mol. The minimum Gasteiger partial charge on any atom is -0.497 e. The van der Waals surface area contributed by atoms with Gasteiger partial charge in [-0.15, -0.1) is 0 Å². The van der Waals surface area contributed by atoms with Crippen molar-refractivity contribution in [2.45, 2.75) is 12.5 Å². The topological polar surface area (TPSA) is 118 Å². The van der Waals surface area contributed by atoms with Gasteiger partial charge in [0.2, 0.25) is 0 Å². The summed E-state index contributed by atoms with van der Waals surface area (Å²) < 4.78 is 25.3. The Hall–Kier alpha value is -4.60. The van der Waals surface area contributed by atoms with Gasteiger partial charge in [-0.3, -0.25) is 0 Å². The van der Waals surface area contributed by atoms with Gasteiger partial charge in [0, 0.05) is 6.54 Å². The van der Waals surface area contributed by atoms with Crippen LogP contribution in [0, 0.1) is 0 Å². The fraction of sp³-hybridized carbons (Fsp3) is 0.286. The Kier molecular flexibility index (Phi) is 9.26. The quantitative estimate of drug-likeness (QED) is 0.358. The Morgan fingerprint density at radius 1 is 0.684 bits per heavy atom. The van der Waals surface area contributed by atoms with Gasteiger partial charge in [-0.05, 0) is 29.7 Å². The third kappa shape index (κ3) is 5.54. The highest BCUT2D eigenvalue weighted by atomic mass is 16.5. The average Bonchev–Trinajstić information content (AvgIpc) is 2.97. The fourth-order valence-electron chi connectivity index (χ4n) is 4.34. The van der Waals surface area contributed by atoms with E-state index in [2.05, 4.69) is 0 Å². The summed E-state index contributed by atoms with van der Waals surface area (Å²) in [5.74, 6) is -3.28. The first-order chi connectivity index (χ1) is 18.3. The molecule has 0 saturated carbocycles. The van der Waals surface area contributed by atoms with Crippen molar-refractivity contribution in [3.63, 3.8) is 0 Å². The minimum absolute atomic E-state index is 0.153. The van der Waals surface area contributed by atoms with E-state index in [1.165, 1.54) is 7.11 Å². The highest BCUT2D eigenvalue weighted by molar-refractivity contribution is 6.16. The molecule has 2 aromatic carbocycles. The number of hydrogen-bond acceptors (Lipinski definition) is 10. The SMILES string of the molecule is COC(=O)C1=C(C(=O)OC)C(c2ccc(OC)cc2)N(CCc2ccccc2)C(C(=O)OC)=C1C(=O)OC. The molecule has 1 aliphatic rings. The molecule has 3 rings (SSSR count). The molecule has 0 amide bonds. The van der Waals surface area contributed by atoms with Crippen LogP contribution in [0.1, 0.15) is 17.2 Å². The van der Waals surface area contributed by atoms with Crippen LogP contribution in [0.3, 0.4) is 0 Å². The molecular weight excluding hydrogens is 494 g/mol. The predicted octanol–water partition coefficient (Wildman–Crippen LogP) is 2.54. The zero-order valence-electron chi connectivity index (χ0n) is 21.8. The zero-order chi connectivity index (χ0) is 27.8. The van der Waals surface area contributed by atoms with Crippen LogP contribution in [-0.4, -0.2) is 70.9 Å². The number of hydrogen-bond donors (Lipinski definition) is 0. The summed E-state index contributed by atoms with van der Waals surface area (Å²) in [6.07, 6.45) is 0.421. The van der Waals surface area contributed by atoms with Gasteiger partial charge in [0.05, 0.1) is 52.7 Å². The maximum absolute atomic E-state index is 13.3. The normalized spacial score (nSPS) is 15.1. The Morgan fingerprint density at radius 2 is 1.24 bits per heavy atom. The zero-order valence-corrected chi connectivity index (χ0v) is 21.8. The van der Waals surface area contributed by atoms with E-state index in [4.69, 9.17) is 23.7 Å². The maximum Gasteiger partial charge on any atom is 0.355 e. The summed E-state index contributed by atoms with van der Waals surface area (Å²) in [4.78, 5) is 54.3. The smallest absolute Gasteiger partial charge is 0.355 e. The highest BCUT2D eigenvalue weighted by Gasteiger charge is 2.47. The van der Waals surface area contributed by atoms with Crippen molar-refractivity contribution in [1.82, 2.24) is 4.90 Å². The largest absolute Gasteiger partial charge is 0.497 e. The first-order valence-corrected chi connectivity index (χ1v) is 11.6. The van der Waals surface area contributed by atoms with Gasteiger partial charge in [0.1, 0.15) is 17.0 Å². The van der Waals surface area contributed by atoms with Crippen molar-refractivity contribution in [2.24, 2.45) is 0 Å². The Bertz CT molecular complexity index is 1260. The molecule has 0 spiro atoms. The number of methoxy groups -OCH3 is 5. The molecular formula is C28H29NO9. The van der Waals surface area contributed by atoms with Crippen LogP contribution in [0.5, 0.6) is 5.75 Å². The number of esters is 4. The summed E-state index contributed by atoms with van der Waals surface area (Å²) in [7, 11) is 6.01.